The summed E-state index contributed by atoms with van der Waals surface area (Å²) in [5.41, 5.74) is 3.57. The molecule has 0 aliphatic carbocycles. The van der Waals surface area contributed by atoms with Gasteiger partial charge in [0, 0.05) is 35.9 Å². The van der Waals surface area contributed by atoms with E-state index >= 15 is 0 Å². The molecule has 0 bridgehead atoms. The average Bonchev–Trinajstić information content (AvgIpc) is 3.24. The van der Waals surface area contributed by atoms with Gasteiger partial charge in [-0.3, -0.25) is 9.20 Å². The van der Waals surface area contributed by atoms with Gasteiger partial charge in [0.1, 0.15) is 6.10 Å². The van der Waals surface area contributed by atoms with Crippen molar-refractivity contribution in [2.24, 2.45) is 0 Å². The fraction of sp³-hybridized carbons (Fsp3) is 0.278. The van der Waals surface area contributed by atoms with E-state index in [-0.39, 0.29) is 12.0 Å². The fourth-order valence-electron chi connectivity index (χ4n) is 3.03. The van der Waals surface area contributed by atoms with Crippen molar-refractivity contribution in [1.29, 1.82) is 0 Å². The summed E-state index contributed by atoms with van der Waals surface area (Å²) in [6.07, 6.45) is 5.05. The number of carbonyl (C=O) groups excluding carboxylic acids is 1. The average molecular weight is 322 g/mol. The summed E-state index contributed by atoms with van der Waals surface area (Å²) in [6, 6.07) is 9.58. The second-order valence-electron chi connectivity index (χ2n) is 5.91. The van der Waals surface area contributed by atoms with Crippen molar-refractivity contribution >= 4 is 17.4 Å². The molecule has 24 heavy (non-hydrogen) atoms. The Hall–Kier alpha value is -2.73. The van der Waals surface area contributed by atoms with Gasteiger partial charge in [-0.1, -0.05) is 12.1 Å². The molecular weight excluding hydrogens is 304 g/mol. The first-order chi connectivity index (χ1) is 11.7. The largest absolute Gasteiger partial charge is 0.368 e. The molecule has 1 atom stereocenters. The standard InChI is InChI=1S/C18H18N4O2/c1-12-16(21-18-19-8-4-9-22(12)18)13-5-2-6-14(11-13)20-17(23)15-7-3-10-24-15/h2,4-6,8-9,11,15H,3,7,10H2,1H3,(H,20,23). The highest BCUT2D eigenvalue weighted by molar-refractivity contribution is 5.94. The van der Waals surface area contributed by atoms with Gasteiger partial charge in [-0.05, 0) is 38.0 Å². The summed E-state index contributed by atoms with van der Waals surface area (Å²) in [5, 5.41) is 2.93. The Balaban J connectivity index is 1.64. The van der Waals surface area contributed by atoms with E-state index < -0.39 is 0 Å². The van der Waals surface area contributed by atoms with Gasteiger partial charge in [0.15, 0.2) is 0 Å². The number of ether oxygens (including phenoxy) is 1. The van der Waals surface area contributed by atoms with Gasteiger partial charge < -0.3 is 10.1 Å². The number of hydrogen-bond donors (Lipinski definition) is 1. The number of amides is 1. The number of aryl methyl sites for hydroxylation is 1. The van der Waals surface area contributed by atoms with E-state index in [9.17, 15) is 4.79 Å². The van der Waals surface area contributed by atoms with Crippen LogP contribution in [0.5, 0.6) is 0 Å². The number of fused-ring (bicyclic) bond motifs is 1. The van der Waals surface area contributed by atoms with Gasteiger partial charge >= 0.3 is 0 Å². The molecular formula is C18H18N4O2. The number of hydrogen-bond acceptors (Lipinski definition) is 4. The first-order valence-corrected chi connectivity index (χ1v) is 8.05. The molecule has 3 heterocycles. The smallest absolute Gasteiger partial charge is 0.253 e. The number of aromatic nitrogens is 3. The lowest BCUT2D eigenvalue weighted by Crippen LogP contribution is -2.26. The minimum absolute atomic E-state index is 0.0851. The van der Waals surface area contributed by atoms with Gasteiger partial charge in [-0.2, -0.15) is 0 Å². The Labute approximate surface area is 139 Å². The maximum Gasteiger partial charge on any atom is 0.253 e. The van der Waals surface area contributed by atoms with Crippen LogP contribution in [-0.4, -0.2) is 33.0 Å². The molecule has 1 N–H and O–H groups in total. The topological polar surface area (TPSA) is 68.5 Å². The molecule has 1 fully saturated rings. The van der Waals surface area contributed by atoms with E-state index in [1.807, 2.05) is 47.9 Å². The third kappa shape index (κ3) is 2.65. The first-order valence-electron chi connectivity index (χ1n) is 8.05. The molecule has 6 heteroatoms. The molecule has 2 aromatic heterocycles. The SMILES string of the molecule is Cc1c(-c2cccc(NC(=O)C3CCCO3)c2)nc2ncccn12. The molecule has 1 aromatic carbocycles. The van der Waals surface area contributed by atoms with Gasteiger partial charge in [0.05, 0.1) is 5.69 Å². The van der Waals surface area contributed by atoms with Crippen molar-refractivity contribution in [2.45, 2.75) is 25.9 Å². The van der Waals surface area contributed by atoms with Crippen LogP contribution in [0, 0.1) is 6.92 Å². The molecule has 1 aliphatic rings. The molecule has 1 amide bonds. The summed E-state index contributed by atoms with van der Waals surface area (Å²) in [4.78, 5) is 21.1. The number of nitrogens with zero attached hydrogens (tertiary/aromatic N) is 3. The zero-order valence-electron chi connectivity index (χ0n) is 13.4. The molecule has 0 saturated carbocycles. The minimum Gasteiger partial charge on any atom is -0.368 e. The van der Waals surface area contributed by atoms with Gasteiger partial charge in [0.25, 0.3) is 5.91 Å². The summed E-state index contributed by atoms with van der Waals surface area (Å²) >= 11 is 0. The fourth-order valence-corrected chi connectivity index (χ4v) is 3.03. The van der Waals surface area contributed by atoms with E-state index in [1.165, 1.54) is 0 Å². The number of rotatable bonds is 3. The third-order valence-corrected chi connectivity index (χ3v) is 4.27. The van der Waals surface area contributed by atoms with Gasteiger partial charge in [-0.25, -0.2) is 9.97 Å². The van der Waals surface area contributed by atoms with Crippen LogP contribution in [0.1, 0.15) is 18.5 Å². The van der Waals surface area contributed by atoms with Crippen LogP contribution in [0.25, 0.3) is 17.0 Å². The van der Waals surface area contributed by atoms with E-state index in [4.69, 9.17) is 4.74 Å². The predicted molar refractivity (Wildman–Crippen MR) is 90.8 cm³/mol. The molecule has 0 spiro atoms. The van der Waals surface area contributed by atoms with Crippen molar-refractivity contribution in [1.82, 2.24) is 14.4 Å². The number of imidazole rings is 1. The zero-order chi connectivity index (χ0) is 16.5. The molecule has 3 aromatic rings. The van der Waals surface area contributed by atoms with Crippen LogP contribution in [0.4, 0.5) is 5.69 Å². The molecule has 0 radical (unpaired) electrons. The monoisotopic (exact) mass is 322 g/mol. The first kappa shape index (κ1) is 14.8. The van der Waals surface area contributed by atoms with Crippen molar-refractivity contribution in [3.05, 3.63) is 48.4 Å². The Kier molecular flexibility index (Phi) is 3.74. The highest BCUT2D eigenvalue weighted by atomic mass is 16.5. The normalized spacial score (nSPS) is 17.3. The van der Waals surface area contributed by atoms with Crippen molar-refractivity contribution in [3.8, 4) is 11.3 Å². The lowest BCUT2D eigenvalue weighted by Gasteiger charge is -2.11. The quantitative estimate of drug-likeness (QED) is 0.805. The van der Waals surface area contributed by atoms with Crippen molar-refractivity contribution in [2.75, 3.05) is 11.9 Å². The van der Waals surface area contributed by atoms with Crippen molar-refractivity contribution in [3.63, 3.8) is 0 Å². The van der Waals surface area contributed by atoms with E-state index in [0.717, 1.165) is 35.5 Å². The van der Waals surface area contributed by atoms with Gasteiger partial charge in [0.2, 0.25) is 5.78 Å². The summed E-state index contributed by atoms with van der Waals surface area (Å²) in [7, 11) is 0. The number of carbonyl (C=O) groups is 1. The Morgan fingerprint density at radius 3 is 3.08 bits per heavy atom. The third-order valence-electron chi connectivity index (χ3n) is 4.27. The second-order valence-corrected chi connectivity index (χ2v) is 5.91. The number of benzene rings is 1. The van der Waals surface area contributed by atoms with Crippen LogP contribution in [0.2, 0.25) is 0 Å². The number of nitrogens with one attached hydrogen (secondary N) is 1. The molecule has 4 rings (SSSR count). The summed E-state index contributed by atoms with van der Waals surface area (Å²) in [6.45, 7) is 2.67. The van der Waals surface area contributed by atoms with Crippen LogP contribution >= 0.6 is 0 Å². The number of anilines is 1. The van der Waals surface area contributed by atoms with Crippen LogP contribution in [-0.2, 0) is 9.53 Å². The van der Waals surface area contributed by atoms with E-state index in [1.54, 1.807) is 6.20 Å². The molecule has 122 valence electrons. The van der Waals surface area contributed by atoms with Crippen LogP contribution in [0.3, 0.4) is 0 Å². The molecule has 1 aliphatic heterocycles. The maximum atomic E-state index is 12.2. The highest BCUT2D eigenvalue weighted by Crippen LogP contribution is 2.26. The highest BCUT2D eigenvalue weighted by Gasteiger charge is 2.23. The Morgan fingerprint density at radius 2 is 2.29 bits per heavy atom. The zero-order valence-corrected chi connectivity index (χ0v) is 13.4. The van der Waals surface area contributed by atoms with Gasteiger partial charge in [-0.15, -0.1) is 0 Å². The Bertz CT molecular complexity index is 897. The van der Waals surface area contributed by atoms with Crippen molar-refractivity contribution < 1.29 is 9.53 Å². The summed E-state index contributed by atoms with van der Waals surface area (Å²) in [5.74, 6) is 0.580. The Morgan fingerprint density at radius 1 is 1.38 bits per heavy atom. The van der Waals surface area contributed by atoms with E-state index in [2.05, 4.69) is 15.3 Å². The predicted octanol–water partition coefficient (Wildman–Crippen LogP) is 2.82. The molecule has 1 unspecified atom stereocenters. The minimum atomic E-state index is -0.338. The lowest BCUT2D eigenvalue weighted by molar-refractivity contribution is -0.124. The van der Waals surface area contributed by atoms with Crippen LogP contribution < -0.4 is 5.32 Å². The summed E-state index contributed by atoms with van der Waals surface area (Å²) < 4.78 is 7.38. The van der Waals surface area contributed by atoms with Crippen LogP contribution in [0.15, 0.2) is 42.7 Å². The lowest BCUT2D eigenvalue weighted by atomic mass is 10.1. The maximum absolute atomic E-state index is 12.2. The molecule has 6 nitrogen and oxygen atoms in total. The molecule has 1 saturated heterocycles. The van der Waals surface area contributed by atoms with E-state index in [0.29, 0.717) is 12.4 Å². The second kappa shape index (κ2) is 6.05.